The molecule has 0 spiro atoms. The SMILES string of the molecule is CC(C)(C)C1CC(CC2CC(C(C)(C)C)CC(C(C)(C)C)C2O)C(O)C(C(C)(C)C)C1. The largest absolute Gasteiger partial charge is 0.393 e. The number of hydrogen-bond acceptors (Lipinski definition) is 2. The molecule has 2 heteroatoms. The average molecular weight is 437 g/mol. The molecule has 2 aliphatic carbocycles. The second-order valence-corrected chi connectivity index (χ2v) is 15.8. The van der Waals surface area contributed by atoms with Gasteiger partial charge in [-0.05, 0) is 89.3 Å². The van der Waals surface area contributed by atoms with Gasteiger partial charge in [-0.2, -0.15) is 0 Å². The lowest BCUT2D eigenvalue weighted by molar-refractivity contribution is -0.105. The van der Waals surface area contributed by atoms with Crippen LogP contribution in [0.2, 0.25) is 0 Å². The quantitative estimate of drug-likeness (QED) is 0.468. The summed E-state index contributed by atoms with van der Waals surface area (Å²) in [5.74, 6) is 2.49. The third-order valence-corrected chi connectivity index (χ3v) is 9.32. The standard InChI is InChI=1S/C29H56O2/c1-26(2,3)20-14-18(24(30)22(16-20)28(7,8)9)13-19-15-21(27(4,5)6)17-23(25(19)31)29(10,11)12/h18-25,30-31H,13-17H2,1-12H3. The van der Waals surface area contributed by atoms with Crippen LogP contribution in [0.5, 0.6) is 0 Å². The maximum absolute atomic E-state index is 11.5. The molecule has 0 radical (unpaired) electrons. The molecule has 0 amide bonds. The fourth-order valence-corrected chi connectivity index (χ4v) is 6.76. The molecule has 2 fully saturated rings. The van der Waals surface area contributed by atoms with Gasteiger partial charge in [0.15, 0.2) is 0 Å². The monoisotopic (exact) mass is 436 g/mol. The van der Waals surface area contributed by atoms with Gasteiger partial charge in [-0.15, -0.1) is 0 Å². The molecule has 2 N–H and O–H groups in total. The number of aliphatic hydroxyl groups is 2. The second kappa shape index (κ2) is 8.94. The lowest BCUT2D eigenvalue weighted by atomic mass is 9.55. The highest BCUT2D eigenvalue weighted by molar-refractivity contribution is 4.99. The van der Waals surface area contributed by atoms with Crippen molar-refractivity contribution in [2.24, 2.45) is 57.2 Å². The van der Waals surface area contributed by atoms with E-state index in [2.05, 4.69) is 83.1 Å². The van der Waals surface area contributed by atoms with Crippen molar-refractivity contribution < 1.29 is 10.2 Å². The molecule has 31 heavy (non-hydrogen) atoms. The molecule has 2 nitrogen and oxygen atoms in total. The molecule has 2 rings (SSSR count). The molecule has 8 atom stereocenters. The van der Waals surface area contributed by atoms with Crippen LogP contribution in [0, 0.1) is 57.2 Å². The van der Waals surface area contributed by atoms with E-state index in [1.807, 2.05) is 0 Å². The van der Waals surface area contributed by atoms with Gasteiger partial charge in [0.25, 0.3) is 0 Å². The third kappa shape index (κ3) is 6.50. The van der Waals surface area contributed by atoms with Gasteiger partial charge in [0.2, 0.25) is 0 Å². The van der Waals surface area contributed by atoms with Crippen LogP contribution in [-0.4, -0.2) is 22.4 Å². The van der Waals surface area contributed by atoms with E-state index in [0.717, 1.165) is 32.1 Å². The van der Waals surface area contributed by atoms with Gasteiger partial charge in [-0.25, -0.2) is 0 Å². The normalized spacial score (nSPS) is 38.9. The Kier molecular flexibility index (Phi) is 7.83. The van der Waals surface area contributed by atoms with Crippen molar-refractivity contribution in [3.8, 4) is 0 Å². The van der Waals surface area contributed by atoms with Crippen LogP contribution in [-0.2, 0) is 0 Å². The first-order chi connectivity index (χ1) is 13.7. The van der Waals surface area contributed by atoms with Gasteiger partial charge in [-0.3, -0.25) is 0 Å². The summed E-state index contributed by atoms with van der Waals surface area (Å²) in [7, 11) is 0. The van der Waals surface area contributed by atoms with Crippen molar-refractivity contribution in [1.82, 2.24) is 0 Å². The van der Waals surface area contributed by atoms with Crippen molar-refractivity contribution in [2.45, 2.75) is 127 Å². The topological polar surface area (TPSA) is 40.5 Å². The van der Waals surface area contributed by atoms with E-state index in [1.54, 1.807) is 0 Å². The molecular formula is C29H56O2. The number of hydrogen-bond donors (Lipinski definition) is 2. The summed E-state index contributed by atoms with van der Waals surface area (Å²) in [5, 5.41) is 23.1. The Hall–Kier alpha value is -0.0800. The summed E-state index contributed by atoms with van der Waals surface area (Å²) in [4.78, 5) is 0. The zero-order valence-corrected chi connectivity index (χ0v) is 23.0. The first kappa shape index (κ1) is 27.2. The highest BCUT2D eigenvalue weighted by Gasteiger charge is 2.49. The molecule has 0 saturated heterocycles. The summed E-state index contributed by atoms with van der Waals surface area (Å²) >= 11 is 0. The summed E-state index contributed by atoms with van der Waals surface area (Å²) in [6, 6.07) is 0. The molecule has 2 aliphatic rings. The molecular weight excluding hydrogens is 380 g/mol. The van der Waals surface area contributed by atoms with Crippen LogP contribution in [0.4, 0.5) is 0 Å². The van der Waals surface area contributed by atoms with Crippen molar-refractivity contribution in [1.29, 1.82) is 0 Å². The van der Waals surface area contributed by atoms with Crippen molar-refractivity contribution in [3.05, 3.63) is 0 Å². The van der Waals surface area contributed by atoms with Crippen LogP contribution >= 0.6 is 0 Å². The molecule has 2 saturated carbocycles. The van der Waals surface area contributed by atoms with E-state index in [1.165, 1.54) is 0 Å². The molecule has 8 unspecified atom stereocenters. The Morgan fingerprint density at radius 3 is 1.00 bits per heavy atom. The third-order valence-electron chi connectivity index (χ3n) is 9.32. The smallest absolute Gasteiger partial charge is 0.0601 e. The Balaban J connectivity index is 2.32. The highest BCUT2D eigenvalue weighted by atomic mass is 16.3. The predicted molar refractivity (Wildman–Crippen MR) is 134 cm³/mol. The summed E-state index contributed by atoms with van der Waals surface area (Å²) in [5.41, 5.74) is 0.729. The fourth-order valence-electron chi connectivity index (χ4n) is 6.76. The summed E-state index contributed by atoms with van der Waals surface area (Å²) in [6.07, 6.45) is 4.89. The molecule has 184 valence electrons. The van der Waals surface area contributed by atoms with Crippen LogP contribution in [0.1, 0.15) is 115 Å². The maximum atomic E-state index is 11.5. The van der Waals surface area contributed by atoms with E-state index in [-0.39, 0.29) is 33.9 Å². The lowest BCUT2D eigenvalue weighted by Crippen LogP contribution is -2.50. The molecule has 0 heterocycles. The Morgan fingerprint density at radius 1 is 0.484 bits per heavy atom. The fraction of sp³-hybridized carbons (Fsp3) is 1.00. The van der Waals surface area contributed by atoms with E-state index >= 15 is 0 Å². The Morgan fingerprint density at radius 2 is 0.774 bits per heavy atom. The average Bonchev–Trinajstić information content (AvgIpc) is 2.53. The predicted octanol–water partition coefficient (Wildman–Crippen LogP) is 7.57. The van der Waals surface area contributed by atoms with E-state index in [0.29, 0.717) is 35.5 Å². The van der Waals surface area contributed by atoms with Crippen LogP contribution in [0.3, 0.4) is 0 Å². The van der Waals surface area contributed by atoms with Gasteiger partial charge in [-0.1, -0.05) is 83.1 Å². The van der Waals surface area contributed by atoms with Crippen LogP contribution in [0.15, 0.2) is 0 Å². The van der Waals surface area contributed by atoms with Crippen LogP contribution in [0.25, 0.3) is 0 Å². The van der Waals surface area contributed by atoms with Gasteiger partial charge in [0, 0.05) is 0 Å². The minimum atomic E-state index is -0.256. The molecule has 0 bridgehead atoms. The number of rotatable bonds is 2. The van der Waals surface area contributed by atoms with Crippen molar-refractivity contribution in [3.63, 3.8) is 0 Å². The van der Waals surface area contributed by atoms with Crippen molar-refractivity contribution in [2.75, 3.05) is 0 Å². The zero-order valence-electron chi connectivity index (χ0n) is 23.0. The first-order valence-electron chi connectivity index (χ1n) is 13.1. The van der Waals surface area contributed by atoms with Crippen molar-refractivity contribution >= 4 is 0 Å². The second-order valence-electron chi connectivity index (χ2n) is 15.8. The van der Waals surface area contributed by atoms with E-state index < -0.39 is 0 Å². The molecule has 0 aromatic carbocycles. The molecule has 0 aromatic rings. The summed E-state index contributed by atoms with van der Waals surface area (Å²) < 4.78 is 0. The zero-order chi connectivity index (χ0) is 24.2. The Labute approximate surface area is 195 Å². The van der Waals surface area contributed by atoms with Gasteiger partial charge < -0.3 is 10.2 Å². The first-order valence-corrected chi connectivity index (χ1v) is 13.1. The number of aliphatic hydroxyl groups excluding tert-OH is 2. The molecule has 0 aliphatic heterocycles. The summed E-state index contributed by atoms with van der Waals surface area (Å²) in [6.45, 7) is 28.0. The van der Waals surface area contributed by atoms with Gasteiger partial charge in [0.1, 0.15) is 0 Å². The highest BCUT2D eigenvalue weighted by Crippen LogP contribution is 2.53. The van der Waals surface area contributed by atoms with E-state index in [9.17, 15) is 10.2 Å². The van der Waals surface area contributed by atoms with Gasteiger partial charge in [0.05, 0.1) is 12.2 Å². The van der Waals surface area contributed by atoms with Gasteiger partial charge >= 0.3 is 0 Å². The van der Waals surface area contributed by atoms with Crippen LogP contribution < -0.4 is 0 Å². The Bertz CT molecular complexity index is 528. The van der Waals surface area contributed by atoms with E-state index in [4.69, 9.17) is 0 Å². The lowest BCUT2D eigenvalue weighted by Gasteiger charge is -2.52. The molecule has 0 aromatic heterocycles. The minimum Gasteiger partial charge on any atom is -0.393 e. The minimum absolute atomic E-state index is 0.106. The maximum Gasteiger partial charge on any atom is 0.0601 e.